The van der Waals surface area contributed by atoms with Gasteiger partial charge >= 0.3 is 0 Å². The summed E-state index contributed by atoms with van der Waals surface area (Å²) in [6.07, 6.45) is 3.71. The molecule has 166 valence electrons. The number of carbonyl (C=O) groups is 3. The van der Waals surface area contributed by atoms with Gasteiger partial charge in [-0.05, 0) is 60.5 Å². The van der Waals surface area contributed by atoms with Crippen molar-refractivity contribution in [3.05, 3.63) is 64.2 Å². The Morgan fingerprint density at radius 3 is 2.75 bits per heavy atom. The third-order valence-electron chi connectivity index (χ3n) is 6.77. The van der Waals surface area contributed by atoms with Crippen LogP contribution in [0.5, 0.6) is 0 Å². The van der Waals surface area contributed by atoms with E-state index in [1.807, 2.05) is 12.1 Å². The van der Waals surface area contributed by atoms with Crippen molar-refractivity contribution >= 4 is 23.4 Å². The summed E-state index contributed by atoms with van der Waals surface area (Å²) in [4.78, 5) is 40.7. The van der Waals surface area contributed by atoms with Gasteiger partial charge in [-0.2, -0.15) is 0 Å². The van der Waals surface area contributed by atoms with Gasteiger partial charge < -0.3 is 15.5 Å². The molecule has 0 aromatic heterocycles. The van der Waals surface area contributed by atoms with E-state index >= 15 is 0 Å². The highest BCUT2D eigenvalue weighted by atomic mass is 16.2. The maximum atomic E-state index is 12.9. The second-order valence-electron chi connectivity index (χ2n) is 8.88. The van der Waals surface area contributed by atoms with E-state index in [0.29, 0.717) is 25.1 Å². The zero-order chi connectivity index (χ0) is 22.2. The quantitative estimate of drug-likeness (QED) is 0.704. The molecule has 0 spiro atoms. The van der Waals surface area contributed by atoms with E-state index in [1.54, 1.807) is 4.90 Å². The number of fused-ring (bicyclic) bond motifs is 2. The fourth-order valence-electron chi connectivity index (χ4n) is 5.29. The molecule has 1 unspecified atom stereocenters. The zero-order valence-corrected chi connectivity index (χ0v) is 18.1. The molecule has 3 amide bonds. The third-order valence-corrected chi connectivity index (χ3v) is 6.77. The molecular weight excluding hydrogens is 404 g/mol. The van der Waals surface area contributed by atoms with Gasteiger partial charge in [-0.15, -0.1) is 0 Å². The average Bonchev–Trinajstić information content (AvgIpc) is 3.10. The first kappa shape index (κ1) is 20.7. The zero-order valence-electron chi connectivity index (χ0n) is 18.1. The number of nitrogens with two attached hydrogens (primary N) is 1. The first-order valence-corrected chi connectivity index (χ1v) is 11.4. The van der Waals surface area contributed by atoms with E-state index in [2.05, 4.69) is 34.5 Å². The highest BCUT2D eigenvalue weighted by Gasteiger charge is 2.39. The number of hydrogen-bond donors (Lipinski definition) is 2. The summed E-state index contributed by atoms with van der Waals surface area (Å²) in [6.45, 7) is 2.80. The molecule has 3 aliphatic rings. The van der Waals surface area contributed by atoms with Crippen LogP contribution in [-0.2, 0) is 35.5 Å². The number of aryl methyl sites for hydroxylation is 1. The largest absolute Gasteiger partial charge is 0.367 e. The Bertz CT molecular complexity index is 1100. The van der Waals surface area contributed by atoms with Gasteiger partial charge in [0.25, 0.3) is 5.91 Å². The number of nitrogens with one attached hydrogen (secondary N) is 1. The predicted octanol–water partition coefficient (Wildman–Crippen LogP) is 1.90. The van der Waals surface area contributed by atoms with E-state index in [-0.39, 0.29) is 24.1 Å². The third kappa shape index (κ3) is 3.66. The normalized spacial score (nSPS) is 20.3. The maximum absolute atomic E-state index is 12.9. The van der Waals surface area contributed by atoms with Crippen LogP contribution >= 0.6 is 0 Å². The number of piperidine rings is 1. The van der Waals surface area contributed by atoms with Crippen molar-refractivity contribution in [2.24, 2.45) is 5.73 Å². The first-order valence-electron chi connectivity index (χ1n) is 11.4. The van der Waals surface area contributed by atoms with Crippen LogP contribution in [0.2, 0.25) is 0 Å². The number of amides is 3. The summed E-state index contributed by atoms with van der Waals surface area (Å²) in [6, 6.07) is 11.9. The van der Waals surface area contributed by atoms with Crippen LogP contribution in [0.4, 0.5) is 5.69 Å². The van der Waals surface area contributed by atoms with Crippen LogP contribution in [0.25, 0.3) is 0 Å². The lowest BCUT2D eigenvalue weighted by atomic mass is 9.95. The van der Waals surface area contributed by atoms with Crippen molar-refractivity contribution in [3.63, 3.8) is 0 Å². The Labute approximate surface area is 187 Å². The minimum absolute atomic E-state index is 0.130. The standard InChI is InChI=1S/C25H28N4O3/c26-11-10-18-4-1-3-17-5-2-12-28(23(17)18)14-16-6-7-20-19(13-16)15-29(25(20)32)21-8-9-22(30)27-24(21)31/h1,3-4,6-7,13,21H,2,5,8-12,14-15,26H2,(H,27,30,31). The van der Waals surface area contributed by atoms with Gasteiger partial charge in [0.1, 0.15) is 6.04 Å². The second-order valence-corrected chi connectivity index (χ2v) is 8.88. The van der Waals surface area contributed by atoms with Crippen LogP contribution in [0.3, 0.4) is 0 Å². The summed E-state index contributed by atoms with van der Waals surface area (Å²) in [5.74, 6) is -0.775. The Morgan fingerprint density at radius 2 is 1.94 bits per heavy atom. The number of para-hydroxylation sites is 1. The molecule has 2 aromatic carbocycles. The molecule has 0 saturated carbocycles. The van der Waals surface area contributed by atoms with Crippen LogP contribution in [0, 0.1) is 0 Å². The molecule has 1 atom stereocenters. The number of carbonyl (C=O) groups excluding carboxylic acids is 3. The van der Waals surface area contributed by atoms with Gasteiger partial charge in [0.2, 0.25) is 11.8 Å². The number of benzene rings is 2. The summed E-state index contributed by atoms with van der Waals surface area (Å²) in [5.41, 5.74) is 12.6. The van der Waals surface area contributed by atoms with Gasteiger partial charge in [-0.1, -0.05) is 30.3 Å². The number of imide groups is 1. The Hall–Kier alpha value is -3.19. The Morgan fingerprint density at radius 1 is 1.06 bits per heavy atom. The lowest BCUT2D eigenvalue weighted by Gasteiger charge is -2.33. The topological polar surface area (TPSA) is 95.7 Å². The SMILES string of the molecule is NCCc1cccc2c1N(Cc1ccc3c(c1)CN(C1CCC(=O)NC1=O)C3=O)CCC2. The van der Waals surface area contributed by atoms with Crippen LogP contribution in [0.1, 0.15) is 51.9 Å². The van der Waals surface area contributed by atoms with Crippen molar-refractivity contribution in [2.75, 3.05) is 18.0 Å². The molecule has 0 bridgehead atoms. The fraction of sp³-hybridized carbons (Fsp3) is 0.400. The summed E-state index contributed by atoms with van der Waals surface area (Å²) in [7, 11) is 0. The molecule has 3 aliphatic heterocycles. The van der Waals surface area contributed by atoms with Crippen molar-refractivity contribution in [3.8, 4) is 0 Å². The number of rotatable bonds is 5. The smallest absolute Gasteiger partial charge is 0.255 e. The first-order chi connectivity index (χ1) is 15.5. The summed E-state index contributed by atoms with van der Waals surface area (Å²) < 4.78 is 0. The second kappa shape index (κ2) is 8.39. The molecular formula is C25H28N4O3. The predicted molar refractivity (Wildman–Crippen MR) is 121 cm³/mol. The molecule has 1 saturated heterocycles. The maximum Gasteiger partial charge on any atom is 0.255 e. The monoisotopic (exact) mass is 432 g/mol. The minimum atomic E-state index is -0.580. The lowest BCUT2D eigenvalue weighted by Crippen LogP contribution is -2.52. The van der Waals surface area contributed by atoms with Gasteiger partial charge in [-0.25, -0.2) is 0 Å². The molecule has 5 rings (SSSR count). The van der Waals surface area contributed by atoms with Crippen molar-refractivity contribution in [2.45, 2.75) is 51.2 Å². The van der Waals surface area contributed by atoms with E-state index in [1.165, 1.54) is 16.8 Å². The molecule has 2 aromatic rings. The summed E-state index contributed by atoms with van der Waals surface area (Å²) in [5, 5.41) is 2.36. The number of hydrogen-bond acceptors (Lipinski definition) is 5. The Kier molecular flexibility index (Phi) is 5.43. The van der Waals surface area contributed by atoms with Gasteiger partial charge in [-0.3, -0.25) is 19.7 Å². The van der Waals surface area contributed by atoms with Gasteiger partial charge in [0, 0.05) is 37.3 Å². The highest BCUT2D eigenvalue weighted by molar-refractivity contribution is 6.05. The fourth-order valence-corrected chi connectivity index (χ4v) is 5.29. The lowest BCUT2D eigenvalue weighted by molar-refractivity contribution is -0.136. The number of anilines is 1. The van der Waals surface area contributed by atoms with Gasteiger partial charge in [0.05, 0.1) is 0 Å². The Balaban J connectivity index is 1.37. The molecule has 0 aliphatic carbocycles. The van der Waals surface area contributed by atoms with Crippen LogP contribution in [-0.4, -0.2) is 41.8 Å². The summed E-state index contributed by atoms with van der Waals surface area (Å²) >= 11 is 0. The van der Waals surface area contributed by atoms with Crippen molar-refractivity contribution < 1.29 is 14.4 Å². The molecule has 0 radical (unpaired) electrons. The van der Waals surface area contributed by atoms with E-state index in [9.17, 15) is 14.4 Å². The highest BCUT2D eigenvalue weighted by Crippen LogP contribution is 2.34. The molecule has 7 nitrogen and oxygen atoms in total. The van der Waals surface area contributed by atoms with Gasteiger partial charge in [0.15, 0.2) is 0 Å². The van der Waals surface area contributed by atoms with E-state index < -0.39 is 6.04 Å². The molecule has 3 N–H and O–H groups in total. The molecule has 7 heteroatoms. The minimum Gasteiger partial charge on any atom is -0.367 e. The van der Waals surface area contributed by atoms with Crippen molar-refractivity contribution in [1.82, 2.24) is 10.2 Å². The van der Waals surface area contributed by atoms with E-state index in [0.717, 1.165) is 43.5 Å². The van der Waals surface area contributed by atoms with E-state index in [4.69, 9.17) is 5.73 Å². The van der Waals surface area contributed by atoms with Crippen LogP contribution < -0.4 is 16.0 Å². The molecule has 32 heavy (non-hydrogen) atoms. The van der Waals surface area contributed by atoms with Crippen LogP contribution in [0.15, 0.2) is 36.4 Å². The average molecular weight is 433 g/mol. The molecule has 1 fully saturated rings. The van der Waals surface area contributed by atoms with Crippen molar-refractivity contribution in [1.29, 1.82) is 0 Å². The molecule has 3 heterocycles. The number of nitrogens with zero attached hydrogens (tertiary/aromatic N) is 2.